The van der Waals surface area contributed by atoms with E-state index in [0.29, 0.717) is 12.2 Å². The molecule has 0 aliphatic carbocycles. The van der Waals surface area contributed by atoms with Crippen molar-refractivity contribution in [2.45, 2.75) is 6.54 Å². The van der Waals surface area contributed by atoms with Crippen LogP contribution in [0.1, 0.15) is 4.88 Å². The second-order valence-corrected chi connectivity index (χ2v) is 5.74. The molecule has 0 bridgehead atoms. The van der Waals surface area contributed by atoms with Crippen molar-refractivity contribution in [2.75, 3.05) is 5.32 Å². The highest BCUT2D eigenvalue weighted by atomic mass is 79.9. The molecule has 0 unspecified atom stereocenters. The van der Waals surface area contributed by atoms with Gasteiger partial charge >= 0.3 is 0 Å². The van der Waals surface area contributed by atoms with Gasteiger partial charge in [-0.05, 0) is 40.2 Å². The highest BCUT2D eigenvalue weighted by Gasteiger charge is 2.06. The number of phenols is 1. The SMILES string of the molecule is Oc1c(F)cccc1NCc1ccc(Br)s1. The molecule has 2 aromatic rings. The number of anilines is 1. The number of benzene rings is 1. The number of thiophene rings is 1. The molecule has 0 radical (unpaired) electrons. The van der Waals surface area contributed by atoms with Crippen LogP contribution in [0.2, 0.25) is 0 Å². The second-order valence-electron chi connectivity index (χ2n) is 3.20. The maximum atomic E-state index is 13.0. The monoisotopic (exact) mass is 301 g/mol. The Morgan fingerprint density at radius 1 is 1.31 bits per heavy atom. The van der Waals surface area contributed by atoms with Gasteiger partial charge in [0.2, 0.25) is 0 Å². The maximum absolute atomic E-state index is 13.0. The molecule has 0 spiro atoms. The van der Waals surface area contributed by atoms with Crippen LogP contribution in [-0.2, 0) is 6.54 Å². The van der Waals surface area contributed by atoms with Gasteiger partial charge in [0, 0.05) is 11.4 Å². The van der Waals surface area contributed by atoms with Crippen molar-refractivity contribution < 1.29 is 9.50 Å². The van der Waals surface area contributed by atoms with Gasteiger partial charge in [-0.2, -0.15) is 0 Å². The summed E-state index contributed by atoms with van der Waals surface area (Å²) in [6.45, 7) is 0.563. The fraction of sp³-hybridized carbons (Fsp3) is 0.0909. The van der Waals surface area contributed by atoms with Crippen molar-refractivity contribution >= 4 is 33.0 Å². The number of para-hydroxylation sites is 1. The summed E-state index contributed by atoms with van der Waals surface area (Å²) in [6, 6.07) is 8.34. The van der Waals surface area contributed by atoms with Crippen LogP contribution < -0.4 is 5.32 Å². The Hall–Kier alpha value is -1.07. The Morgan fingerprint density at radius 3 is 2.81 bits per heavy atom. The molecule has 0 amide bonds. The predicted octanol–water partition coefficient (Wildman–Crippen LogP) is 3.97. The molecule has 2 nitrogen and oxygen atoms in total. The smallest absolute Gasteiger partial charge is 0.174 e. The summed E-state index contributed by atoms with van der Waals surface area (Å²) >= 11 is 4.96. The standard InChI is InChI=1S/C11H9BrFNOS/c12-10-5-4-7(16-10)6-14-9-3-1-2-8(13)11(9)15/h1-5,14-15H,6H2. The minimum Gasteiger partial charge on any atom is -0.503 e. The second kappa shape index (κ2) is 4.84. The highest BCUT2D eigenvalue weighted by molar-refractivity contribution is 9.11. The lowest BCUT2D eigenvalue weighted by atomic mass is 10.3. The highest BCUT2D eigenvalue weighted by Crippen LogP contribution is 2.28. The first-order chi connectivity index (χ1) is 7.66. The zero-order chi connectivity index (χ0) is 11.5. The largest absolute Gasteiger partial charge is 0.503 e. The van der Waals surface area contributed by atoms with E-state index >= 15 is 0 Å². The van der Waals surface area contributed by atoms with E-state index in [9.17, 15) is 9.50 Å². The Morgan fingerprint density at radius 2 is 2.12 bits per heavy atom. The van der Waals surface area contributed by atoms with Crippen molar-refractivity contribution in [3.05, 3.63) is 44.8 Å². The molecule has 2 rings (SSSR count). The molecule has 0 saturated carbocycles. The lowest BCUT2D eigenvalue weighted by Crippen LogP contribution is -1.98. The summed E-state index contributed by atoms with van der Waals surface area (Å²) in [4.78, 5) is 1.11. The van der Waals surface area contributed by atoms with Crippen LogP contribution >= 0.6 is 27.3 Å². The molecule has 0 aliphatic rings. The fourth-order valence-electron chi connectivity index (χ4n) is 1.29. The molecule has 2 N–H and O–H groups in total. The third kappa shape index (κ3) is 2.54. The zero-order valence-corrected chi connectivity index (χ0v) is 10.6. The third-order valence-corrected chi connectivity index (χ3v) is 3.69. The topological polar surface area (TPSA) is 32.3 Å². The Kier molecular flexibility index (Phi) is 3.46. The van der Waals surface area contributed by atoms with Crippen LogP contribution in [0.3, 0.4) is 0 Å². The first kappa shape index (κ1) is 11.4. The number of nitrogens with one attached hydrogen (secondary N) is 1. The average Bonchev–Trinajstić information content (AvgIpc) is 2.67. The summed E-state index contributed by atoms with van der Waals surface area (Å²) in [5, 5.41) is 12.4. The fourth-order valence-corrected chi connectivity index (χ4v) is 2.71. The van der Waals surface area contributed by atoms with E-state index in [1.807, 2.05) is 12.1 Å². The average molecular weight is 302 g/mol. The molecule has 0 saturated heterocycles. The van der Waals surface area contributed by atoms with E-state index in [1.165, 1.54) is 6.07 Å². The van der Waals surface area contributed by atoms with Gasteiger partial charge in [-0.3, -0.25) is 0 Å². The first-order valence-corrected chi connectivity index (χ1v) is 6.23. The van der Waals surface area contributed by atoms with E-state index in [-0.39, 0.29) is 5.75 Å². The van der Waals surface area contributed by atoms with Crippen molar-refractivity contribution in [1.29, 1.82) is 0 Å². The minimum absolute atomic E-state index is 0.335. The predicted molar refractivity (Wildman–Crippen MR) is 67.4 cm³/mol. The van der Waals surface area contributed by atoms with Crippen LogP contribution in [0.25, 0.3) is 0 Å². The summed E-state index contributed by atoms with van der Waals surface area (Å²) in [7, 11) is 0. The van der Waals surface area contributed by atoms with Gasteiger partial charge in [0.05, 0.1) is 9.47 Å². The molecule has 0 aliphatic heterocycles. The molecule has 0 atom stereocenters. The van der Waals surface area contributed by atoms with Gasteiger partial charge in [0.25, 0.3) is 0 Å². The van der Waals surface area contributed by atoms with Gasteiger partial charge in [-0.1, -0.05) is 6.07 Å². The first-order valence-electron chi connectivity index (χ1n) is 4.62. The molecule has 1 heterocycles. The molecule has 5 heteroatoms. The third-order valence-electron chi connectivity index (χ3n) is 2.07. The lowest BCUT2D eigenvalue weighted by Gasteiger charge is -2.07. The normalized spacial score (nSPS) is 10.4. The maximum Gasteiger partial charge on any atom is 0.174 e. The number of phenolic OH excluding ortho intramolecular Hbond substituents is 1. The van der Waals surface area contributed by atoms with Crippen molar-refractivity contribution in [3.63, 3.8) is 0 Å². The van der Waals surface area contributed by atoms with E-state index in [0.717, 1.165) is 8.66 Å². The Balaban J connectivity index is 2.07. The summed E-state index contributed by atoms with van der Waals surface area (Å²) < 4.78 is 14.1. The van der Waals surface area contributed by atoms with E-state index in [1.54, 1.807) is 23.5 Å². The van der Waals surface area contributed by atoms with E-state index in [4.69, 9.17) is 0 Å². The van der Waals surface area contributed by atoms with Crippen LogP contribution in [0.5, 0.6) is 5.75 Å². The van der Waals surface area contributed by atoms with Crippen molar-refractivity contribution in [1.82, 2.24) is 0 Å². The van der Waals surface area contributed by atoms with Gasteiger partial charge in [-0.15, -0.1) is 11.3 Å². The van der Waals surface area contributed by atoms with E-state index in [2.05, 4.69) is 21.2 Å². The zero-order valence-electron chi connectivity index (χ0n) is 8.21. The quantitative estimate of drug-likeness (QED) is 0.841. The van der Waals surface area contributed by atoms with Gasteiger partial charge < -0.3 is 10.4 Å². The van der Waals surface area contributed by atoms with Crippen molar-refractivity contribution in [2.24, 2.45) is 0 Å². The van der Waals surface area contributed by atoms with Crippen LogP contribution in [0.15, 0.2) is 34.1 Å². The van der Waals surface area contributed by atoms with E-state index < -0.39 is 5.82 Å². The van der Waals surface area contributed by atoms with Crippen LogP contribution in [0, 0.1) is 5.82 Å². The number of hydrogen-bond donors (Lipinski definition) is 2. The number of rotatable bonds is 3. The Bertz CT molecular complexity index is 500. The number of halogens is 2. The Labute approximate surface area is 105 Å². The van der Waals surface area contributed by atoms with Crippen molar-refractivity contribution in [3.8, 4) is 5.75 Å². The van der Waals surface area contributed by atoms with Crippen LogP contribution in [0.4, 0.5) is 10.1 Å². The molecular formula is C11H9BrFNOS. The molecule has 0 fully saturated rings. The minimum atomic E-state index is -0.614. The summed E-state index contributed by atoms with van der Waals surface area (Å²) in [5.41, 5.74) is 0.407. The lowest BCUT2D eigenvalue weighted by molar-refractivity contribution is 0.434. The van der Waals surface area contributed by atoms with Gasteiger partial charge in [0.1, 0.15) is 0 Å². The number of hydrogen-bond acceptors (Lipinski definition) is 3. The molecule has 1 aromatic carbocycles. The molecule has 84 valence electrons. The van der Waals surface area contributed by atoms with Crippen LogP contribution in [-0.4, -0.2) is 5.11 Å². The summed E-state index contributed by atoms with van der Waals surface area (Å²) in [6.07, 6.45) is 0. The molecular weight excluding hydrogens is 293 g/mol. The summed E-state index contributed by atoms with van der Waals surface area (Å²) in [5.74, 6) is -0.949. The molecule has 16 heavy (non-hydrogen) atoms. The molecule has 1 aromatic heterocycles. The number of aromatic hydroxyl groups is 1. The van der Waals surface area contributed by atoms with Gasteiger partial charge in [0.15, 0.2) is 11.6 Å². The van der Waals surface area contributed by atoms with Gasteiger partial charge in [-0.25, -0.2) is 4.39 Å².